The average Bonchev–Trinajstić information content (AvgIpc) is 2.84. The summed E-state index contributed by atoms with van der Waals surface area (Å²) in [6, 6.07) is 6.93. The Balaban J connectivity index is 1.63. The molecule has 7 nitrogen and oxygen atoms in total. The molecular weight excluding hydrogens is 344 g/mol. The monoisotopic (exact) mass is 372 g/mol. The molecule has 146 valence electrons. The van der Waals surface area contributed by atoms with Gasteiger partial charge in [-0.3, -0.25) is 14.5 Å². The van der Waals surface area contributed by atoms with Crippen LogP contribution in [0.5, 0.6) is 0 Å². The predicted octanol–water partition coefficient (Wildman–Crippen LogP) is 2.73. The van der Waals surface area contributed by atoms with Crippen LogP contribution in [0, 0.1) is 0 Å². The van der Waals surface area contributed by atoms with E-state index in [1.807, 2.05) is 31.1 Å². The zero-order valence-electron chi connectivity index (χ0n) is 16.1. The van der Waals surface area contributed by atoms with Crippen LogP contribution in [0.1, 0.15) is 44.9 Å². The molecule has 7 heteroatoms. The van der Waals surface area contributed by atoms with Crippen LogP contribution in [0.2, 0.25) is 0 Å². The Morgan fingerprint density at radius 3 is 2.26 bits per heavy atom. The number of hydrogen-bond acceptors (Lipinski definition) is 4. The van der Waals surface area contributed by atoms with E-state index in [0.717, 1.165) is 36.3 Å². The second-order valence-electron chi connectivity index (χ2n) is 7.66. The Labute approximate surface area is 160 Å². The summed E-state index contributed by atoms with van der Waals surface area (Å²) in [4.78, 5) is 40.7. The standard InChI is InChI=1S/C20H28N4O3/c1-23(2)16-10-8-15(9-11-16)21-17(25)14-24-18(26)20(22-19(24)27)12-6-4-3-5-7-13-20/h8-11H,3-7,12-14H2,1-2H3,(H,21,25)(H,22,27). The van der Waals surface area contributed by atoms with Crippen molar-refractivity contribution in [3.8, 4) is 0 Å². The third kappa shape index (κ3) is 4.23. The third-order valence-electron chi connectivity index (χ3n) is 5.42. The summed E-state index contributed by atoms with van der Waals surface area (Å²) in [5, 5.41) is 5.64. The van der Waals surface area contributed by atoms with Crippen molar-refractivity contribution in [1.82, 2.24) is 10.2 Å². The molecule has 2 fully saturated rings. The van der Waals surface area contributed by atoms with E-state index in [1.54, 1.807) is 12.1 Å². The predicted molar refractivity (Wildman–Crippen MR) is 105 cm³/mol. The van der Waals surface area contributed by atoms with Crippen LogP contribution in [0.3, 0.4) is 0 Å². The van der Waals surface area contributed by atoms with Gasteiger partial charge < -0.3 is 15.5 Å². The zero-order valence-corrected chi connectivity index (χ0v) is 16.1. The highest BCUT2D eigenvalue weighted by atomic mass is 16.2. The largest absolute Gasteiger partial charge is 0.378 e. The lowest BCUT2D eigenvalue weighted by Gasteiger charge is -2.28. The molecule has 1 heterocycles. The SMILES string of the molecule is CN(C)c1ccc(NC(=O)CN2C(=O)NC3(CCCCCCC3)C2=O)cc1. The number of hydrogen-bond donors (Lipinski definition) is 2. The van der Waals surface area contributed by atoms with E-state index in [-0.39, 0.29) is 18.4 Å². The Bertz CT molecular complexity index is 706. The number of carbonyl (C=O) groups excluding carboxylic acids is 3. The van der Waals surface area contributed by atoms with Crippen LogP contribution in [-0.4, -0.2) is 48.9 Å². The molecule has 3 rings (SSSR count). The fourth-order valence-electron chi connectivity index (χ4n) is 3.85. The van der Waals surface area contributed by atoms with Crippen molar-refractivity contribution in [3.63, 3.8) is 0 Å². The molecule has 0 bridgehead atoms. The van der Waals surface area contributed by atoms with Crippen LogP contribution < -0.4 is 15.5 Å². The second-order valence-corrected chi connectivity index (χ2v) is 7.66. The van der Waals surface area contributed by atoms with Crippen molar-refractivity contribution < 1.29 is 14.4 Å². The van der Waals surface area contributed by atoms with Gasteiger partial charge in [0, 0.05) is 25.5 Å². The highest BCUT2D eigenvalue weighted by Crippen LogP contribution is 2.32. The van der Waals surface area contributed by atoms with E-state index < -0.39 is 11.6 Å². The van der Waals surface area contributed by atoms with Crippen molar-refractivity contribution in [3.05, 3.63) is 24.3 Å². The smallest absolute Gasteiger partial charge is 0.325 e. The zero-order chi connectivity index (χ0) is 19.4. The van der Waals surface area contributed by atoms with E-state index in [1.165, 1.54) is 6.42 Å². The van der Waals surface area contributed by atoms with Gasteiger partial charge in [-0.15, -0.1) is 0 Å². The van der Waals surface area contributed by atoms with Crippen LogP contribution in [0.15, 0.2) is 24.3 Å². The van der Waals surface area contributed by atoms with E-state index >= 15 is 0 Å². The quantitative estimate of drug-likeness (QED) is 0.796. The van der Waals surface area contributed by atoms with Crippen LogP contribution in [-0.2, 0) is 9.59 Å². The summed E-state index contributed by atoms with van der Waals surface area (Å²) in [7, 11) is 3.88. The van der Waals surface area contributed by atoms with Gasteiger partial charge in [0.15, 0.2) is 0 Å². The Kier molecular flexibility index (Phi) is 5.68. The fraction of sp³-hybridized carbons (Fsp3) is 0.550. The highest BCUT2D eigenvalue weighted by Gasteiger charge is 2.50. The van der Waals surface area contributed by atoms with Crippen LogP contribution in [0.4, 0.5) is 16.2 Å². The first kappa shape index (κ1) is 19.2. The van der Waals surface area contributed by atoms with Gasteiger partial charge in [-0.05, 0) is 37.1 Å². The van der Waals surface area contributed by atoms with Gasteiger partial charge in [0.25, 0.3) is 5.91 Å². The van der Waals surface area contributed by atoms with Gasteiger partial charge in [-0.2, -0.15) is 0 Å². The van der Waals surface area contributed by atoms with Gasteiger partial charge in [0.05, 0.1) is 0 Å². The number of nitrogens with zero attached hydrogens (tertiary/aromatic N) is 2. The van der Waals surface area contributed by atoms with E-state index in [9.17, 15) is 14.4 Å². The number of urea groups is 1. The molecule has 2 aliphatic rings. The minimum atomic E-state index is -0.814. The molecule has 2 N–H and O–H groups in total. The molecule has 0 unspecified atom stereocenters. The molecule has 1 aliphatic carbocycles. The van der Waals surface area contributed by atoms with Crippen molar-refractivity contribution in [2.75, 3.05) is 30.9 Å². The summed E-state index contributed by atoms with van der Waals surface area (Å²) >= 11 is 0. The minimum absolute atomic E-state index is 0.257. The van der Waals surface area contributed by atoms with Gasteiger partial charge >= 0.3 is 6.03 Å². The third-order valence-corrected chi connectivity index (χ3v) is 5.42. The first-order chi connectivity index (χ1) is 12.9. The Hall–Kier alpha value is -2.57. The fourth-order valence-corrected chi connectivity index (χ4v) is 3.85. The molecule has 1 aromatic carbocycles. The van der Waals surface area contributed by atoms with Gasteiger partial charge in [0.2, 0.25) is 5.91 Å². The van der Waals surface area contributed by atoms with Gasteiger partial charge in [-0.1, -0.05) is 32.1 Å². The Morgan fingerprint density at radius 2 is 1.67 bits per heavy atom. The van der Waals surface area contributed by atoms with Crippen molar-refractivity contribution in [2.45, 2.75) is 50.5 Å². The summed E-state index contributed by atoms with van der Waals surface area (Å²) in [5.74, 6) is -0.633. The Morgan fingerprint density at radius 1 is 1.07 bits per heavy atom. The lowest BCUT2D eigenvalue weighted by atomic mass is 9.84. The topological polar surface area (TPSA) is 81.8 Å². The molecule has 1 spiro atoms. The minimum Gasteiger partial charge on any atom is -0.378 e. The van der Waals surface area contributed by atoms with Crippen LogP contribution in [0.25, 0.3) is 0 Å². The number of benzene rings is 1. The summed E-state index contributed by atoms with van der Waals surface area (Å²) in [6.07, 6.45) is 6.48. The molecule has 0 aromatic heterocycles. The summed E-state index contributed by atoms with van der Waals surface area (Å²) in [6.45, 7) is -0.262. The molecule has 1 aliphatic heterocycles. The number of imide groups is 1. The van der Waals surface area contributed by atoms with Crippen LogP contribution >= 0.6 is 0 Å². The van der Waals surface area contributed by atoms with Gasteiger partial charge in [0.1, 0.15) is 12.1 Å². The maximum Gasteiger partial charge on any atom is 0.325 e. The molecule has 0 radical (unpaired) electrons. The number of anilines is 2. The van der Waals surface area contributed by atoms with Crippen molar-refractivity contribution in [2.24, 2.45) is 0 Å². The molecule has 1 saturated heterocycles. The molecular formula is C20H28N4O3. The van der Waals surface area contributed by atoms with E-state index in [0.29, 0.717) is 18.5 Å². The summed E-state index contributed by atoms with van der Waals surface area (Å²) in [5.41, 5.74) is 0.845. The first-order valence-electron chi connectivity index (χ1n) is 9.63. The molecule has 1 saturated carbocycles. The lowest BCUT2D eigenvalue weighted by Crippen LogP contribution is -2.47. The maximum atomic E-state index is 12.9. The molecule has 4 amide bonds. The average molecular weight is 372 g/mol. The first-order valence-corrected chi connectivity index (χ1v) is 9.63. The second kappa shape index (κ2) is 7.98. The highest BCUT2D eigenvalue weighted by molar-refractivity contribution is 6.10. The number of nitrogens with one attached hydrogen (secondary N) is 2. The maximum absolute atomic E-state index is 12.9. The lowest BCUT2D eigenvalue weighted by molar-refractivity contribution is -0.134. The molecule has 0 atom stereocenters. The number of carbonyl (C=O) groups is 3. The van der Waals surface area contributed by atoms with Gasteiger partial charge in [-0.25, -0.2) is 4.79 Å². The van der Waals surface area contributed by atoms with Crippen molar-refractivity contribution in [1.29, 1.82) is 0 Å². The molecule has 1 aromatic rings. The van der Waals surface area contributed by atoms with E-state index in [4.69, 9.17) is 0 Å². The van der Waals surface area contributed by atoms with Crippen molar-refractivity contribution >= 4 is 29.2 Å². The summed E-state index contributed by atoms with van der Waals surface area (Å²) < 4.78 is 0. The molecule has 27 heavy (non-hydrogen) atoms. The number of amides is 4. The van der Waals surface area contributed by atoms with E-state index in [2.05, 4.69) is 10.6 Å². The normalized spacial score (nSPS) is 19.4. The number of rotatable bonds is 4.